The zero-order chi connectivity index (χ0) is 13.5. The van der Waals surface area contributed by atoms with Crippen molar-refractivity contribution >= 4 is 0 Å². The molecule has 0 aromatic heterocycles. The van der Waals surface area contributed by atoms with Crippen molar-refractivity contribution in [2.45, 2.75) is 43.7 Å². The molecular formula is C15H19F2NO. The van der Waals surface area contributed by atoms with Gasteiger partial charge in [-0.2, -0.15) is 0 Å². The molecule has 4 heteroatoms. The molecule has 1 aliphatic carbocycles. The summed E-state index contributed by atoms with van der Waals surface area (Å²) in [6.45, 7) is 0.719. The minimum absolute atomic E-state index is 0.0749. The molecule has 2 nitrogen and oxygen atoms in total. The molecule has 1 aromatic carbocycles. The summed E-state index contributed by atoms with van der Waals surface area (Å²) in [7, 11) is 0. The van der Waals surface area contributed by atoms with Crippen molar-refractivity contribution in [1.29, 1.82) is 0 Å². The van der Waals surface area contributed by atoms with Crippen molar-refractivity contribution < 1.29 is 13.9 Å². The topological polar surface area (TPSA) is 32.3 Å². The smallest absolute Gasteiger partial charge is 0.159 e. The number of aliphatic hydroxyl groups is 1. The maximum atomic E-state index is 13.4. The lowest BCUT2D eigenvalue weighted by Crippen LogP contribution is -2.53. The van der Waals surface area contributed by atoms with Gasteiger partial charge in [0.15, 0.2) is 11.6 Å². The number of rotatable bonds is 1. The summed E-state index contributed by atoms with van der Waals surface area (Å²) in [6, 6.07) is 3.97. The summed E-state index contributed by atoms with van der Waals surface area (Å²) in [5.74, 6) is -1.54. The van der Waals surface area contributed by atoms with Crippen LogP contribution < -0.4 is 5.32 Å². The third kappa shape index (κ3) is 2.28. The molecule has 2 N–H and O–H groups in total. The van der Waals surface area contributed by atoms with E-state index in [1.807, 2.05) is 0 Å². The van der Waals surface area contributed by atoms with Gasteiger partial charge in [0.05, 0.1) is 5.60 Å². The molecule has 1 aliphatic heterocycles. The number of hydrogen-bond acceptors (Lipinski definition) is 2. The Morgan fingerprint density at radius 1 is 1.16 bits per heavy atom. The number of fused-ring (bicyclic) bond motifs is 1. The molecule has 3 atom stereocenters. The van der Waals surface area contributed by atoms with Crippen LogP contribution in [0.4, 0.5) is 8.78 Å². The Kier molecular flexibility index (Phi) is 3.31. The number of piperidine rings is 1. The van der Waals surface area contributed by atoms with Crippen LogP contribution in [0.25, 0.3) is 0 Å². The van der Waals surface area contributed by atoms with Crippen LogP contribution in [-0.2, 0) is 0 Å². The van der Waals surface area contributed by atoms with Gasteiger partial charge in [-0.15, -0.1) is 0 Å². The Hall–Kier alpha value is -1.00. The maximum absolute atomic E-state index is 13.4. The summed E-state index contributed by atoms with van der Waals surface area (Å²) >= 11 is 0. The first-order valence-electron chi connectivity index (χ1n) is 7.01. The van der Waals surface area contributed by atoms with Gasteiger partial charge in [-0.25, -0.2) is 8.78 Å². The number of halogens is 2. The fraction of sp³-hybridized carbons (Fsp3) is 0.600. The van der Waals surface area contributed by atoms with Crippen molar-refractivity contribution in [3.05, 3.63) is 35.4 Å². The minimum atomic E-state index is -0.821. The van der Waals surface area contributed by atoms with Crippen molar-refractivity contribution in [2.75, 3.05) is 6.54 Å². The molecule has 0 bridgehead atoms. The Morgan fingerprint density at radius 2 is 2.00 bits per heavy atom. The summed E-state index contributed by atoms with van der Waals surface area (Å²) in [6.07, 6.45) is 4.65. The molecule has 0 unspecified atom stereocenters. The fourth-order valence-electron chi connectivity index (χ4n) is 3.68. The first-order chi connectivity index (χ1) is 9.10. The molecule has 1 aromatic rings. The van der Waals surface area contributed by atoms with Crippen LogP contribution in [0, 0.1) is 17.6 Å². The lowest BCUT2D eigenvalue weighted by atomic mass is 9.67. The normalized spacial score (nSPS) is 34.9. The van der Waals surface area contributed by atoms with E-state index in [9.17, 15) is 13.9 Å². The third-order valence-electron chi connectivity index (χ3n) is 4.69. The van der Waals surface area contributed by atoms with Gasteiger partial charge in [0, 0.05) is 12.0 Å². The second-order valence-corrected chi connectivity index (χ2v) is 5.81. The van der Waals surface area contributed by atoms with Gasteiger partial charge >= 0.3 is 0 Å². The number of nitrogens with one attached hydrogen (secondary N) is 1. The molecule has 19 heavy (non-hydrogen) atoms. The standard InChI is InChI=1S/C15H19F2NO/c16-12-5-4-10(9-13(12)17)14-11-3-1-2-6-15(11,19)7-8-18-14/h4-5,9,11,14,18-19H,1-3,6-8H2/t11-,14+,15+/m0/s1. The predicted molar refractivity (Wildman–Crippen MR) is 68.6 cm³/mol. The van der Waals surface area contributed by atoms with Gasteiger partial charge in [0.2, 0.25) is 0 Å². The van der Waals surface area contributed by atoms with Crippen LogP contribution in [0.1, 0.15) is 43.7 Å². The van der Waals surface area contributed by atoms with Crippen molar-refractivity contribution in [3.63, 3.8) is 0 Å². The van der Waals surface area contributed by atoms with E-state index in [4.69, 9.17) is 0 Å². The van der Waals surface area contributed by atoms with Crippen LogP contribution in [0.2, 0.25) is 0 Å². The molecule has 3 rings (SSSR count). The van der Waals surface area contributed by atoms with Crippen molar-refractivity contribution in [2.24, 2.45) is 5.92 Å². The number of hydrogen-bond donors (Lipinski definition) is 2. The highest BCUT2D eigenvalue weighted by molar-refractivity contribution is 5.24. The maximum Gasteiger partial charge on any atom is 0.159 e. The van der Waals surface area contributed by atoms with Crippen LogP contribution in [0.3, 0.4) is 0 Å². The highest BCUT2D eigenvalue weighted by atomic mass is 19.2. The first kappa shape index (κ1) is 13.0. The fourth-order valence-corrected chi connectivity index (χ4v) is 3.68. The van der Waals surface area contributed by atoms with Gasteiger partial charge in [-0.3, -0.25) is 0 Å². The van der Waals surface area contributed by atoms with Gasteiger partial charge in [0.1, 0.15) is 0 Å². The molecule has 2 fully saturated rings. The highest BCUT2D eigenvalue weighted by Gasteiger charge is 2.45. The second kappa shape index (κ2) is 4.84. The lowest BCUT2D eigenvalue weighted by molar-refractivity contribution is -0.0861. The van der Waals surface area contributed by atoms with E-state index in [0.717, 1.165) is 44.2 Å². The Labute approximate surface area is 111 Å². The molecule has 2 aliphatic rings. The van der Waals surface area contributed by atoms with Crippen molar-refractivity contribution in [1.82, 2.24) is 5.32 Å². The summed E-state index contributed by atoms with van der Waals surface area (Å²) in [5.41, 5.74) is 0.0999. The quantitative estimate of drug-likeness (QED) is 0.820. The van der Waals surface area contributed by atoms with E-state index in [1.165, 1.54) is 12.1 Å². The van der Waals surface area contributed by atoms with Crippen LogP contribution >= 0.6 is 0 Å². The monoisotopic (exact) mass is 267 g/mol. The van der Waals surface area contributed by atoms with Crippen LogP contribution in [-0.4, -0.2) is 17.3 Å². The average molecular weight is 267 g/mol. The first-order valence-corrected chi connectivity index (χ1v) is 7.01. The average Bonchev–Trinajstić information content (AvgIpc) is 2.40. The van der Waals surface area contributed by atoms with E-state index in [0.29, 0.717) is 0 Å². The van der Waals surface area contributed by atoms with E-state index in [-0.39, 0.29) is 12.0 Å². The Balaban J connectivity index is 1.92. The highest BCUT2D eigenvalue weighted by Crippen LogP contribution is 2.45. The minimum Gasteiger partial charge on any atom is -0.389 e. The van der Waals surface area contributed by atoms with Gasteiger partial charge in [-0.1, -0.05) is 18.9 Å². The zero-order valence-corrected chi connectivity index (χ0v) is 10.8. The van der Waals surface area contributed by atoms with E-state index in [2.05, 4.69) is 5.32 Å². The summed E-state index contributed by atoms with van der Waals surface area (Å²) in [4.78, 5) is 0. The van der Waals surface area contributed by atoms with E-state index >= 15 is 0 Å². The molecular weight excluding hydrogens is 248 g/mol. The molecule has 1 saturated heterocycles. The van der Waals surface area contributed by atoms with E-state index < -0.39 is 17.2 Å². The zero-order valence-electron chi connectivity index (χ0n) is 10.8. The molecule has 1 saturated carbocycles. The Morgan fingerprint density at radius 3 is 2.79 bits per heavy atom. The largest absolute Gasteiger partial charge is 0.389 e. The second-order valence-electron chi connectivity index (χ2n) is 5.81. The molecule has 0 radical (unpaired) electrons. The predicted octanol–water partition coefficient (Wildman–Crippen LogP) is 2.92. The van der Waals surface area contributed by atoms with Gasteiger partial charge in [0.25, 0.3) is 0 Å². The lowest BCUT2D eigenvalue weighted by Gasteiger charge is -2.48. The van der Waals surface area contributed by atoms with Crippen LogP contribution in [0.15, 0.2) is 18.2 Å². The summed E-state index contributed by atoms with van der Waals surface area (Å²) in [5, 5.41) is 14.1. The van der Waals surface area contributed by atoms with Crippen LogP contribution in [0.5, 0.6) is 0 Å². The number of benzene rings is 1. The van der Waals surface area contributed by atoms with Crippen molar-refractivity contribution in [3.8, 4) is 0 Å². The molecule has 104 valence electrons. The van der Waals surface area contributed by atoms with Gasteiger partial charge in [-0.05, 0) is 43.5 Å². The van der Waals surface area contributed by atoms with E-state index in [1.54, 1.807) is 6.07 Å². The SMILES string of the molecule is O[C@@]12CCCC[C@H]1[C@@H](c1ccc(F)c(F)c1)NCC2. The third-order valence-corrected chi connectivity index (χ3v) is 4.69. The Bertz CT molecular complexity index is 475. The summed E-state index contributed by atoms with van der Waals surface area (Å²) < 4.78 is 26.4. The molecule has 0 spiro atoms. The molecule has 1 heterocycles. The van der Waals surface area contributed by atoms with Gasteiger partial charge < -0.3 is 10.4 Å². The molecule has 0 amide bonds.